The summed E-state index contributed by atoms with van der Waals surface area (Å²) < 4.78 is 0. The topological polar surface area (TPSA) is 23.5 Å². The molecule has 0 rings (SSSR count). The number of aliphatic hydroxyl groups is 1. The lowest BCUT2D eigenvalue weighted by atomic mass is 10.3. The molecule has 0 aromatic rings. The summed E-state index contributed by atoms with van der Waals surface area (Å²) in [5, 5.41) is 9.72. The first kappa shape index (κ1) is 17.7. The van der Waals surface area contributed by atoms with Gasteiger partial charge in [0.1, 0.15) is 0 Å². The van der Waals surface area contributed by atoms with Crippen LogP contribution in [0.25, 0.3) is 0 Å². The van der Waals surface area contributed by atoms with Gasteiger partial charge in [0, 0.05) is 12.3 Å². The third kappa shape index (κ3) is 9.24. The molecule has 0 heterocycles. The van der Waals surface area contributed by atoms with Gasteiger partial charge in [-0.3, -0.25) is 0 Å². The molecule has 0 saturated heterocycles. The molecule has 1 N–H and O–H groups in total. The third-order valence-electron chi connectivity index (χ3n) is 2.24. The first-order valence-electron chi connectivity index (χ1n) is 5.34. The fourth-order valence-corrected chi connectivity index (χ4v) is 1.89. The van der Waals surface area contributed by atoms with E-state index < -0.39 is 0 Å². The number of likely N-dealkylation sites (N-methyl/N-ethyl adjacent to an activating group) is 1. The Kier molecular flexibility index (Phi) is 12.7. The number of nitrogens with zero attached hydrogens (tertiary/aromatic N) is 1. The van der Waals surface area contributed by atoms with Crippen molar-refractivity contribution in [3.05, 3.63) is 11.5 Å². The molecule has 0 fully saturated rings. The van der Waals surface area contributed by atoms with Crippen molar-refractivity contribution in [3.8, 4) is 0 Å². The van der Waals surface area contributed by atoms with E-state index in [-0.39, 0.29) is 18.5 Å². The number of rotatable bonds is 8. The Bertz CT molecular complexity index is 163. The molecule has 0 spiro atoms. The van der Waals surface area contributed by atoms with Gasteiger partial charge in [-0.25, -0.2) is 0 Å². The largest absolute Gasteiger partial charge is 0.391 e. The fraction of sp³-hybridized carbons (Fsp3) is 0.818. The van der Waals surface area contributed by atoms with Crippen LogP contribution in [0.3, 0.4) is 0 Å². The van der Waals surface area contributed by atoms with Gasteiger partial charge in [0.25, 0.3) is 0 Å². The van der Waals surface area contributed by atoms with Crippen LogP contribution in [0, 0.1) is 0 Å². The SMILES string of the molecule is C=C(CC)SCC(O)CN(CC)CC.Cl. The summed E-state index contributed by atoms with van der Waals surface area (Å²) in [6.45, 7) is 13.0. The third-order valence-corrected chi connectivity index (χ3v) is 3.49. The number of hydrogen-bond acceptors (Lipinski definition) is 3. The van der Waals surface area contributed by atoms with E-state index >= 15 is 0 Å². The van der Waals surface area contributed by atoms with Crippen LogP contribution in [0.5, 0.6) is 0 Å². The predicted octanol–water partition coefficient (Wildman–Crippen LogP) is 2.77. The van der Waals surface area contributed by atoms with Crippen LogP contribution in [0.4, 0.5) is 0 Å². The normalized spacial score (nSPS) is 12.3. The Labute approximate surface area is 105 Å². The number of halogens is 1. The lowest BCUT2D eigenvalue weighted by Gasteiger charge is -2.21. The molecule has 0 aliphatic heterocycles. The summed E-state index contributed by atoms with van der Waals surface area (Å²) in [5.41, 5.74) is 0. The summed E-state index contributed by atoms with van der Waals surface area (Å²) in [6, 6.07) is 0. The van der Waals surface area contributed by atoms with Crippen LogP contribution in [0.15, 0.2) is 11.5 Å². The number of allylic oxidation sites excluding steroid dienone is 1. The summed E-state index contributed by atoms with van der Waals surface area (Å²) >= 11 is 1.68. The molecule has 0 amide bonds. The molecule has 4 heteroatoms. The van der Waals surface area contributed by atoms with Crippen molar-refractivity contribution < 1.29 is 5.11 Å². The van der Waals surface area contributed by atoms with Gasteiger partial charge < -0.3 is 10.0 Å². The number of thioether (sulfide) groups is 1. The lowest BCUT2D eigenvalue weighted by molar-refractivity contribution is 0.137. The van der Waals surface area contributed by atoms with E-state index in [1.54, 1.807) is 11.8 Å². The molecular formula is C11H24ClNOS. The second kappa shape index (κ2) is 10.8. The van der Waals surface area contributed by atoms with Gasteiger partial charge in [-0.05, 0) is 24.4 Å². The first-order valence-corrected chi connectivity index (χ1v) is 6.33. The highest BCUT2D eigenvalue weighted by Crippen LogP contribution is 2.17. The quantitative estimate of drug-likeness (QED) is 0.720. The van der Waals surface area contributed by atoms with E-state index in [2.05, 4.69) is 32.3 Å². The van der Waals surface area contributed by atoms with Crippen LogP contribution in [-0.2, 0) is 0 Å². The summed E-state index contributed by atoms with van der Waals surface area (Å²) in [6.07, 6.45) is 0.756. The van der Waals surface area contributed by atoms with Gasteiger partial charge in [-0.1, -0.05) is 27.4 Å². The molecule has 1 unspecified atom stereocenters. The second-order valence-corrected chi connectivity index (χ2v) is 4.54. The Morgan fingerprint density at radius 3 is 2.27 bits per heavy atom. The summed E-state index contributed by atoms with van der Waals surface area (Å²) in [5.74, 6) is 0.767. The maximum Gasteiger partial charge on any atom is 0.0760 e. The molecule has 0 aliphatic rings. The summed E-state index contributed by atoms with van der Waals surface area (Å²) in [4.78, 5) is 3.39. The number of aliphatic hydroxyl groups excluding tert-OH is 1. The maximum absolute atomic E-state index is 9.72. The standard InChI is InChI=1S/C11H23NOS.ClH/c1-5-10(4)14-9-11(13)8-12(6-2)7-3;/h11,13H,4-9H2,1-3H3;1H. The van der Waals surface area contributed by atoms with E-state index in [1.165, 1.54) is 0 Å². The molecule has 2 nitrogen and oxygen atoms in total. The zero-order chi connectivity index (χ0) is 11.0. The molecule has 0 aliphatic carbocycles. The van der Waals surface area contributed by atoms with E-state index in [1.807, 2.05) is 0 Å². The van der Waals surface area contributed by atoms with E-state index in [4.69, 9.17) is 0 Å². The molecule has 0 aromatic carbocycles. The Balaban J connectivity index is 0. The average Bonchev–Trinajstić information content (AvgIpc) is 2.22. The van der Waals surface area contributed by atoms with Gasteiger partial charge in [0.2, 0.25) is 0 Å². The minimum absolute atomic E-state index is 0. The molecule has 1 atom stereocenters. The molecule has 15 heavy (non-hydrogen) atoms. The van der Waals surface area contributed by atoms with Gasteiger partial charge >= 0.3 is 0 Å². The Hall–Kier alpha value is 0.300. The van der Waals surface area contributed by atoms with E-state index in [9.17, 15) is 5.11 Å². The Morgan fingerprint density at radius 1 is 1.33 bits per heavy atom. The van der Waals surface area contributed by atoms with Gasteiger partial charge in [-0.2, -0.15) is 0 Å². The summed E-state index contributed by atoms with van der Waals surface area (Å²) in [7, 11) is 0. The minimum atomic E-state index is -0.233. The molecule has 0 saturated carbocycles. The highest BCUT2D eigenvalue weighted by atomic mass is 35.5. The van der Waals surface area contributed by atoms with Crippen molar-refractivity contribution in [1.82, 2.24) is 4.90 Å². The van der Waals surface area contributed by atoms with E-state index in [0.29, 0.717) is 0 Å². The van der Waals surface area contributed by atoms with Crippen molar-refractivity contribution in [2.75, 3.05) is 25.4 Å². The minimum Gasteiger partial charge on any atom is -0.391 e. The molecule has 0 aromatic heterocycles. The zero-order valence-corrected chi connectivity index (χ0v) is 11.7. The van der Waals surface area contributed by atoms with Crippen molar-refractivity contribution >= 4 is 24.2 Å². The van der Waals surface area contributed by atoms with Crippen LogP contribution in [0.2, 0.25) is 0 Å². The van der Waals surface area contributed by atoms with Crippen molar-refractivity contribution in [3.63, 3.8) is 0 Å². The highest BCUT2D eigenvalue weighted by Gasteiger charge is 2.08. The highest BCUT2D eigenvalue weighted by molar-refractivity contribution is 8.03. The van der Waals surface area contributed by atoms with Crippen LogP contribution in [0.1, 0.15) is 27.2 Å². The molecule has 92 valence electrons. The zero-order valence-electron chi connectivity index (χ0n) is 10.0. The second-order valence-electron chi connectivity index (χ2n) is 3.34. The smallest absolute Gasteiger partial charge is 0.0760 e. The molecular weight excluding hydrogens is 230 g/mol. The van der Waals surface area contributed by atoms with Gasteiger partial charge in [0.05, 0.1) is 6.10 Å². The van der Waals surface area contributed by atoms with Crippen molar-refractivity contribution in [2.24, 2.45) is 0 Å². The van der Waals surface area contributed by atoms with Gasteiger partial charge in [-0.15, -0.1) is 24.2 Å². The maximum atomic E-state index is 9.72. The van der Waals surface area contributed by atoms with Crippen molar-refractivity contribution in [1.29, 1.82) is 0 Å². The van der Waals surface area contributed by atoms with Crippen LogP contribution < -0.4 is 0 Å². The average molecular weight is 254 g/mol. The van der Waals surface area contributed by atoms with Crippen LogP contribution >= 0.6 is 24.2 Å². The lowest BCUT2D eigenvalue weighted by Crippen LogP contribution is -2.33. The van der Waals surface area contributed by atoms with E-state index in [0.717, 1.165) is 36.7 Å². The Morgan fingerprint density at radius 2 is 1.87 bits per heavy atom. The fourth-order valence-electron chi connectivity index (χ4n) is 1.15. The van der Waals surface area contributed by atoms with Crippen molar-refractivity contribution in [2.45, 2.75) is 33.3 Å². The molecule has 0 radical (unpaired) electrons. The van der Waals surface area contributed by atoms with Gasteiger partial charge in [0.15, 0.2) is 0 Å². The first-order chi connectivity index (χ1) is 6.63. The number of hydrogen-bond donors (Lipinski definition) is 1. The van der Waals surface area contributed by atoms with Crippen LogP contribution in [-0.4, -0.2) is 41.5 Å². The molecule has 0 bridgehead atoms. The monoisotopic (exact) mass is 253 g/mol. The predicted molar refractivity (Wildman–Crippen MR) is 72.9 cm³/mol.